The van der Waals surface area contributed by atoms with E-state index in [1.54, 1.807) is 0 Å². The van der Waals surface area contributed by atoms with Crippen LogP contribution in [-0.4, -0.2) is 6.54 Å². The summed E-state index contributed by atoms with van der Waals surface area (Å²) in [7, 11) is 0. The lowest BCUT2D eigenvalue weighted by atomic mass is 9.94. The van der Waals surface area contributed by atoms with Gasteiger partial charge in [-0.2, -0.15) is 0 Å². The van der Waals surface area contributed by atoms with E-state index in [1.807, 2.05) is 12.1 Å². The Hall–Kier alpha value is -0.530. The molecule has 1 fully saturated rings. The molecule has 0 saturated carbocycles. The van der Waals surface area contributed by atoms with E-state index in [9.17, 15) is 0 Å². The van der Waals surface area contributed by atoms with Crippen molar-refractivity contribution in [3.63, 3.8) is 0 Å². The van der Waals surface area contributed by atoms with Crippen molar-refractivity contribution in [2.24, 2.45) is 0 Å². The fourth-order valence-corrected chi connectivity index (χ4v) is 1.81. The Balaban J connectivity index is 2.31. The maximum Gasteiger partial charge on any atom is 0.0408 e. The molecule has 1 aliphatic heterocycles. The number of hydrogen-bond donors (Lipinski definition) is 1. The average molecular weight is 182 g/mol. The third-order valence-corrected chi connectivity index (χ3v) is 2.67. The van der Waals surface area contributed by atoms with Gasteiger partial charge < -0.3 is 5.32 Å². The summed E-state index contributed by atoms with van der Waals surface area (Å²) >= 11 is 5.86. The van der Waals surface area contributed by atoms with E-state index in [0.717, 1.165) is 11.6 Å². The van der Waals surface area contributed by atoms with Crippen LogP contribution in [0.3, 0.4) is 0 Å². The summed E-state index contributed by atoms with van der Waals surface area (Å²) in [6, 6.07) is 6.68. The van der Waals surface area contributed by atoms with Crippen molar-refractivity contribution >= 4 is 11.6 Å². The van der Waals surface area contributed by atoms with Gasteiger partial charge in [-0.3, -0.25) is 0 Å². The molecule has 0 bridgehead atoms. The third-order valence-electron chi connectivity index (χ3n) is 2.43. The smallest absolute Gasteiger partial charge is 0.0408 e. The molecule has 64 valence electrons. The highest BCUT2D eigenvalue weighted by molar-refractivity contribution is 6.30. The zero-order chi connectivity index (χ0) is 8.55. The van der Waals surface area contributed by atoms with Gasteiger partial charge in [0.05, 0.1) is 0 Å². The second-order valence-corrected chi connectivity index (χ2v) is 3.73. The van der Waals surface area contributed by atoms with Gasteiger partial charge in [0.2, 0.25) is 0 Å². The van der Waals surface area contributed by atoms with Crippen molar-refractivity contribution in [2.75, 3.05) is 6.54 Å². The van der Waals surface area contributed by atoms with Gasteiger partial charge in [-0.05, 0) is 43.1 Å². The second-order valence-electron chi connectivity index (χ2n) is 3.30. The predicted octanol–water partition coefficient (Wildman–Crippen LogP) is 2.68. The second kappa shape index (κ2) is 3.08. The van der Waals surface area contributed by atoms with Crippen molar-refractivity contribution in [3.05, 3.63) is 34.3 Å². The van der Waals surface area contributed by atoms with Gasteiger partial charge in [-0.1, -0.05) is 17.7 Å². The van der Waals surface area contributed by atoms with Gasteiger partial charge in [0, 0.05) is 11.1 Å². The van der Waals surface area contributed by atoms with Crippen LogP contribution in [0.15, 0.2) is 18.2 Å². The summed E-state index contributed by atoms with van der Waals surface area (Å²) in [5, 5.41) is 4.21. The Morgan fingerprint density at radius 2 is 2.25 bits per heavy atom. The van der Waals surface area contributed by atoms with Gasteiger partial charge in [0.25, 0.3) is 0 Å². The van der Waals surface area contributed by atoms with E-state index in [-0.39, 0.29) is 0 Å². The lowest BCUT2D eigenvalue weighted by molar-refractivity contribution is 0.382. The van der Waals surface area contributed by atoms with Crippen LogP contribution in [0.25, 0.3) is 0 Å². The summed E-state index contributed by atoms with van der Waals surface area (Å²) < 4.78 is 0. The first-order valence-corrected chi connectivity index (χ1v) is 4.64. The average Bonchev–Trinajstić information content (AvgIpc) is 1.91. The van der Waals surface area contributed by atoms with Crippen LogP contribution in [-0.2, 0) is 0 Å². The molecule has 0 aromatic heterocycles. The number of benzene rings is 1. The highest BCUT2D eigenvalue weighted by Crippen LogP contribution is 2.27. The first kappa shape index (κ1) is 8.09. The molecule has 1 aromatic carbocycles. The Labute approximate surface area is 77.7 Å². The molecule has 1 aliphatic rings. The molecule has 2 heteroatoms. The number of hydrogen-bond acceptors (Lipinski definition) is 1. The summed E-state index contributed by atoms with van der Waals surface area (Å²) in [6.07, 6.45) is 1.25. The number of rotatable bonds is 1. The van der Waals surface area contributed by atoms with Gasteiger partial charge >= 0.3 is 0 Å². The highest BCUT2D eigenvalue weighted by atomic mass is 35.5. The zero-order valence-electron chi connectivity index (χ0n) is 7.10. The molecule has 0 spiro atoms. The summed E-state index contributed by atoms with van der Waals surface area (Å²) in [5.74, 6) is 0. The number of aryl methyl sites for hydroxylation is 1. The molecule has 1 N–H and O–H groups in total. The van der Waals surface area contributed by atoms with E-state index in [1.165, 1.54) is 17.5 Å². The van der Waals surface area contributed by atoms with E-state index in [4.69, 9.17) is 11.6 Å². The van der Waals surface area contributed by atoms with Crippen molar-refractivity contribution in [1.82, 2.24) is 5.32 Å². The molecule has 0 amide bonds. The minimum absolute atomic E-state index is 0.572. The van der Waals surface area contributed by atoms with Crippen molar-refractivity contribution in [1.29, 1.82) is 0 Å². The number of nitrogens with one attached hydrogen (secondary N) is 1. The molecule has 1 aromatic rings. The van der Waals surface area contributed by atoms with Crippen molar-refractivity contribution in [3.8, 4) is 0 Å². The van der Waals surface area contributed by atoms with Crippen molar-refractivity contribution in [2.45, 2.75) is 19.4 Å². The minimum Gasteiger partial charge on any atom is -0.310 e. The summed E-state index contributed by atoms with van der Waals surface area (Å²) in [4.78, 5) is 0. The first-order valence-electron chi connectivity index (χ1n) is 4.27. The van der Waals surface area contributed by atoms with Crippen LogP contribution in [0, 0.1) is 6.92 Å². The Morgan fingerprint density at radius 3 is 2.75 bits per heavy atom. The quantitative estimate of drug-likeness (QED) is 0.703. The van der Waals surface area contributed by atoms with Gasteiger partial charge in [-0.25, -0.2) is 0 Å². The van der Waals surface area contributed by atoms with Crippen LogP contribution in [0.2, 0.25) is 5.02 Å². The normalized spacial score (nSPS) is 22.0. The van der Waals surface area contributed by atoms with Gasteiger partial charge in [0.1, 0.15) is 0 Å². The van der Waals surface area contributed by atoms with Crippen LogP contribution in [0.5, 0.6) is 0 Å². The summed E-state index contributed by atoms with van der Waals surface area (Å²) in [6.45, 7) is 3.26. The first-order chi connectivity index (χ1) is 5.77. The number of halogens is 1. The third kappa shape index (κ3) is 1.35. The molecule has 2 rings (SSSR count). The molecule has 0 aliphatic carbocycles. The Bertz CT molecular complexity index is 292. The van der Waals surface area contributed by atoms with Crippen LogP contribution >= 0.6 is 11.6 Å². The zero-order valence-corrected chi connectivity index (χ0v) is 7.86. The van der Waals surface area contributed by atoms with E-state index >= 15 is 0 Å². The highest BCUT2D eigenvalue weighted by Gasteiger charge is 2.19. The van der Waals surface area contributed by atoms with Gasteiger partial charge in [0.15, 0.2) is 0 Å². The molecule has 1 heterocycles. The molecule has 1 nitrogen and oxygen atoms in total. The van der Waals surface area contributed by atoms with E-state index in [2.05, 4.69) is 18.3 Å². The Kier molecular flexibility index (Phi) is 2.07. The molecule has 1 saturated heterocycles. The molecule has 0 radical (unpaired) electrons. The maximum atomic E-state index is 5.86. The lowest BCUT2D eigenvalue weighted by Gasteiger charge is -2.29. The largest absolute Gasteiger partial charge is 0.310 e. The molecular weight excluding hydrogens is 170 g/mol. The molecule has 0 unspecified atom stereocenters. The molecule has 1 atom stereocenters. The fourth-order valence-electron chi connectivity index (χ4n) is 1.58. The van der Waals surface area contributed by atoms with E-state index in [0.29, 0.717) is 6.04 Å². The van der Waals surface area contributed by atoms with Crippen LogP contribution in [0.1, 0.15) is 23.6 Å². The molecule has 12 heavy (non-hydrogen) atoms. The molecular formula is C10H12ClN. The standard InChI is InChI=1S/C10H12ClN/c1-7-6-8(11)2-3-9(7)10-4-5-12-10/h2-3,6,10,12H,4-5H2,1H3/t10-/m1/s1. The van der Waals surface area contributed by atoms with Gasteiger partial charge in [-0.15, -0.1) is 0 Å². The topological polar surface area (TPSA) is 12.0 Å². The van der Waals surface area contributed by atoms with Crippen LogP contribution < -0.4 is 5.32 Å². The maximum absolute atomic E-state index is 5.86. The Morgan fingerprint density at radius 1 is 1.50 bits per heavy atom. The monoisotopic (exact) mass is 181 g/mol. The van der Waals surface area contributed by atoms with E-state index < -0.39 is 0 Å². The SMILES string of the molecule is Cc1cc(Cl)ccc1[C@H]1CCN1. The van der Waals surface area contributed by atoms with Crippen molar-refractivity contribution < 1.29 is 0 Å². The lowest BCUT2D eigenvalue weighted by Crippen LogP contribution is -2.35. The fraction of sp³-hybridized carbons (Fsp3) is 0.400. The summed E-state index contributed by atoms with van der Waals surface area (Å²) in [5.41, 5.74) is 2.69. The van der Waals surface area contributed by atoms with Crippen LogP contribution in [0.4, 0.5) is 0 Å². The predicted molar refractivity (Wildman–Crippen MR) is 51.5 cm³/mol. The minimum atomic E-state index is 0.572.